The average molecular weight is 406 g/mol. The Labute approximate surface area is 170 Å². The van der Waals surface area contributed by atoms with Crippen LogP contribution in [0.3, 0.4) is 0 Å². The molecule has 8 heteroatoms. The van der Waals surface area contributed by atoms with Gasteiger partial charge in [-0.1, -0.05) is 12.1 Å². The molecule has 4 aromatic rings. The fourth-order valence-corrected chi connectivity index (χ4v) is 3.84. The lowest BCUT2D eigenvalue weighted by molar-refractivity contribution is 0.0303. The first kappa shape index (κ1) is 18.5. The Kier molecular flexibility index (Phi) is 4.55. The van der Waals surface area contributed by atoms with Gasteiger partial charge in [-0.3, -0.25) is 9.59 Å². The van der Waals surface area contributed by atoms with Gasteiger partial charge in [0.2, 0.25) is 0 Å². The molecule has 5 rings (SSSR count). The summed E-state index contributed by atoms with van der Waals surface area (Å²) in [5, 5.41) is 4.27. The molecule has 3 heterocycles. The summed E-state index contributed by atoms with van der Waals surface area (Å²) < 4.78 is 21.8. The molecule has 0 saturated carbocycles. The van der Waals surface area contributed by atoms with Gasteiger partial charge in [-0.2, -0.15) is 5.10 Å². The van der Waals surface area contributed by atoms with Crippen molar-refractivity contribution in [3.63, 3.8) is 0 Å². The van der Waals surface area contributed by atoms with E-state index in [1.165, 1.54) is 12.1 Å². The Hall–Kier alpha value is -3.52. The summed E-state index contributed by atoms with van der Waals surface area (Å²) in [6.45, 7) is 2.37. The van der Waals surface area contributed by atoms with Gasteiger partial charge < -0.3 is 14.2 Å². The van der Waals surface area contributed by atoms with Crippen LogP contribution < -0.4 is 5.56 Å². The number of ether oxygens (including phenoxy) is 1. The number of hydrogen-bond acceptors (Lipinski definition) is 4. The predicted molar refractivity (Wildman–Crippen MR) is 109 cm³/mol. The third-order valence-electron chi connectivity index (χ3n) is 5.40. The highest BCUT2D eigenvalue weighted by Crippen LogP contribution is 2.19. The average Bonchev–Trinajstić information content (AvgIpc) is 3.28. The van der Waals surface area contributed by atoms with E-state index in [0.717, 1.165) is 11.1 Å². The van der Waals surface area contributed by atoms with E-state index in [1.807, 2.05) is 6.07 Å². The molecule has 7 nitrogen and oxygen atoms in total. The zero-order valence-electron chi connectivity index (χ0n) is 16.1. The molecule has 2 aromatic heterocycles. The van der Waals surface area contributed by atoms with Crippen LogP contribution in [-0.2, 0) is 11.3 Å². The Morgan fingerprint density at radius 2 is 1.77 bits per heavy atom. The first-order chi connectivity index (χ1) is 14.6. The molecule has 0 unspecified atom stereocenters. The lowest BCUT2D eigenvalue weighted by Gasteiger charge is -2.27. The smallest absolute Gasteiger partial charge is 0.277 e. The standard InChI is InChI=1S/C22H19FN4O3/c23-17-4-1-15(2-5-17)14-26-20-13-16(21(28)25-9-11-30-12-10-25)3-6-18(20)27-19(22(26)29)7-8-24-27/h1-8,13H,9-12,14H2. The minimum atomic E-state index is -0.333. The van der Waals surface area contributed by atoms with Gasteiger partial charge in [0, 0.05) is 18.7 Å². The van der Waals surface area contributed by atoms with E-state index in [2.05, 4.69) is 5.10 Å². The van der Waals surface area contributed by atoms with Gasteiger partial charge in [-0.05, 0) is 42.0 Å². The largest absolute Gasteiger partial charge is 0.378 e. The molecule has 0 atom stereocenters. The van der Waals surface area contributed by atoms with Crippen molar-refractivity contribution in [2.75, 3.05) is 26.3 Å². The highest BCUT2D eigenvalue weighted by molar-refractivity contribution is 5.97. The van der Waals surface area contributed by atoms with Crippen LogP contribution in [0.15, 0.2) is 59.5 Å². The van der Waals surface area contributed by atoms with Gasteiger partial charge in [0.1, 0.15) is 11.3 Å². The van der Waals surface area contributed by atoms with E-state index in [0.29, 0.717) is 42.9 Å². The highest BCUT2D eigenvalue weighted by Gasteiger charge is 2.20. The molecule has 30 heavy (non-hydrogen) atoms. The molecule has 1 amide bonds. The van der Waals surface area contributed by atoms with Gasteiger partial charge >= 0.3 is 0 Å². The number of hydrogen-bond donors (Lipinski definition) is 0. The summed E-state index contributed by atoms with van der Waals surface area (Å²) in [6.07, 6.45) is 1.57. The van der Waals surface area contributed by atoms with Crippen LogP contribution in [0.25, 0.3) is 16.6 Å². The molecule has 1 aliphatic heterocycles. The SMILES string of the molecule is O=C(c1ccc2c(c1)n(Cc1ccc(F)cc1)c(=O)c1ccnn12)N1CCOCC1. The number of nitrogens with zero attached hydrogens (tertiary/aromatic N) is 4. The van der Waals surface area contributed by atoms with Gasteiger partial charge in [-0.15, -0.1) is 0 Å². The number of rotatable bonds is 3. The molecule has 1 saturated heterocycles. The van der Waals surface area contributed by atoms with Crippen LogP contribution >= 0.6 is 0 Å². The summed E-state index contributed by atoms with van der Waals surface area (Å²) in [6, 6.07) is 13.0. The Morgan fingerprint density at radius 3 is 2.53 bits per heavy atom. The summed E-state index contributed by atoms with van der Waals surface area (Å²) in [4.78, 5) is 27.9. The molecule has 0 bridgehead atoms. The van der Waals surface area contributed by atoms with E-state index >= 15 is 0 Å². The fourth-order valence-electron chi connectivity index (χ4n) is 3.84. The van der Waals surface area contributed by atoms with E-state index in [9.17, 15) is 14.0 Å². The van der Waals surface area contributed by atoms with Crippen molar-refractivity contribution in [1.29, 1.82) is 0 Å². The minimum absolute atomic E-state index is 0.0958. The second-order valence-electron chi connectivity index (χ2n) is 7.25. The maximum absolute atomic E-state index is 13.3. The van der Waals surface area contributed by atoms with Crippen LogP contribution in [0, 0.1) is 5.82 Å². The Bertz CT molecular complexity index is 1300. The number of morpholine rings is 1. The van der Waals surface area contributed by atoms with Crippen molar-refractivity contribution in [2.45, 2.75) is 6.54 Å². The van der Waals surface area contributed by atoms with Gasteiger partial charge in [0.25, 0.3) is 11.5 Å². The summed E-state index contributed by atoms with van der Waals surface area (Å²) in [5.74, 6) is -0.429. The number of fused-ring (bicyclic) bond motifs is 3. The lowest BCUT2D eigenvalue weighted by Crippen LogP contribution is -2.40. The van der Waals surface area contributed by atoms with E-state index in [4.69, 9.17) is 4.74 Å². The van der Waals surface area contributed by atoms with Crippen LogP contribution in [0.5, 0.6) is 0 Å². The molecule has 1 aliphatic rings. The van der Waals surface area contributed by atoms with Crippen LogP contribution in [0.4, 0.5) is 4.39 Å². The van der Waals surface area contributed by atoms with Crippen molar-refractivity contribution in [1.82, 2.24) is 19.1 Å². The molecule has 0 spiro atoms. The third-order valence-corrected chi connectivity index (χ3v) is 5.40. The van der Waals surface area contributed by atoms with E-state index < -0.39 is 0 Å². The van der Waals surface area contributed by atoms with Crippen LogP contribution in [0.2, 0.25) is 0 Å². The third kappa shape index (κ3) is 3.15. The second kappa shape index (κ2) is 7.38. The molecular weight excluding hydrogens is 387 g/mol. The topological polar surface area (TPSA) is 68.8 Å². The van der Waals surface area contributed by atoms with Crippen molar-refractivity contribution < 1.29 is 13.9 Å². The zero-order valence-corrected chi connectivity index (χ0v) is 16.1. The molecule has 152 valence electrons. The van der Waals surface area contributed by atoms with E-state index in [1.54, 1.807) is 50.5 Å². The molecule has 0 N–H and O–H groups in total. The van der Waals surface area contributed by atoms with Gasteiger partial charge in [-0.25, -0.2) is 8.91 Å². The number of aromatic nitrogens is 3. The summed E-state index contributed by atoms with van der Waals surface area (Å²) in [5.41, 5.74) is 2.82. The maximum atomic E-state index is 13.3. The lowest BCUT2D eigenvalue weighted by atomic mass is 10.1. The fraction of sp³-hybridized carbons (Fsp3) is 0.227. The number of halogens is 1. The quantitative estimate of drug-likeness (QED) is 0.524. The normalized spacial score (nSPS) is 14.5. The molecule has 0 aliphatic carbocycles. The monoisotopic (exact) mass is 406 g/mol. The molecule has 1 fully saturated rings. The van der Waals surface area contributed by atoms with Crippen LogP contribution in [0.1, 0.15) is 15.9 Å². The number of carbonyl (C=O) groups is 1. The minimum Gasteiger partial charge on any atom is -0.378 e. The van der Waals surface area contributed by atoms with Gasteiger partial charge in [0.15, 0.2) is 0 Å². The summed E-state index contributed by atoms with van der Waals surface area (Å²) >= 11 is 0. The highest BCUT2D eigenvalue weighted by atomic mass is 19.1. The van der Waals surface area contributed by atoms with Crippen LogP contribution in [-0.4, -0.2) is 51.3 Å². The number of benzene rings is 2. The summed E-state index contributed by atoms with van der Waals surface area (Å²) in [7, 11) is 0. The number of carbonyl (C=O) groups excluding carboxylic acids is 1. The second-order valence-corrected chi connectivity index (χ2v) is 7.25. The van der Waals surface area contributed by atoms with Gasteiger partial charge in [0.05, 0.1) is 37.0 Å². The van der Waals surface area contributed by atoms with Crippen molar-refractivity contribution in [3.8, 4) is 0 Å². The predicted octanol–water partition coefficient (Wildman–Crippen LogP) is 2.31. The van der Waals surface area contributed by atoms with Crippen molar-refractivity contribution in [3.05, 3.63) is 82.0 Å². The van der Waals surface area contributed by atoms with Crippen molar-refractivity contribution >= 4 is 22.5 Å². The molecular formula is C22H19FN4O3. The first-order valence-electron chi connectivity index (χ1n) is 9.73. The Morgan fingerprint density at radius 1 is 1.00 bits per heavy atom. The van der Waals surface area contributed by atoms with E-state index in [-0.39, 0.29) is 23.8 Å². The Balaban J connectivity index is 1.67. The zero-order chi connectivity index (χ0) is 20.7. The molecule has 0 radical (unpaired) electrons. The maximum Gasteiger partial charge on any atom is 0.277 e. The molecule has 2 aromatic carbocycles. The first-order valence-corrected chi connectivity index (χ1v) is 9.73. The van der Waals surface area contributed by atoms with Crippen molar-refractivity contribution in [2.24, 2.45) is 0 Å². The number of amides is 1.